The lowest BCUT2D eigenvalue weighted by atomic mass is 10.0. The Morgan fingerprint density at radius 3 is 1.42 bits per heavy atom. The van der Waals surface area contributed by atoms with Crippen LogP contribution in [0.1, 0.15) is 252 Å². The van der Waals surface area contributed by atoms with Gasteiger partial charge in [-0.05, 0) is 51.0 Å². The molecule has 3 unspecified atom stereocenters. The third-order valence-corrected chi connectivity index (χ3v) is 13.3. The van der Waals surface area contributed by atoms with Crippen LogP contribution in [0.4, 0.5) is 0 Å². The molecule has 0 heterocycles. The van der Waals surface area contributed by atoms with E-state index in [1.165, 1.54) is 141 Å². The molecule has 0 radical (unpaired) electrons. The van der Waals surface area contributed by atoms with Gasteiger partial charge in [0.25, 0.3) is 7.82 Å². The summed E-state index contributed by atoms with van der Waals surface area (Å²) in [5, 5.41) is 3.02. The van der Waals surface area contributed by atoms with Gasteiger partial charge in [-0.2, -0.15) is 0 Å². The van der Waals surface area contributed by atoms with Gasteiger partial charge in [-0.25, -0.2) is 0 Å². The van der Waals surface area contributed by atoms with Crippen LogP contribution in [-0.4, -0.2) is 69.4 Å². The molecule has 0 fully saturated rings. The standard InChI is InChI=1S/C57H107N2O7P/c1-7-10-13-16-19-22-25-28-30-32-35-38-41-44-47-50-57(61)66-55(48-45-42-39-36-33-27-24-21-18-15-12-9-3)54(53-65-67(62,63)64-52-51-59(4,5)6)58-56(60)49-46-43-40-37-34-31-29-26-23-20-17-14-11-8-2/h10,13,16,19,22,25,45,48,54-55H,7-9,11-12,14-15,17-18,20-21,23-24,26-44,46-47,49-53H2,1-6H3,(H-,58,60,62,63)/b13-10+,19-16+,25-22+,48-45+. The van der Waals surface area contributed by atoms with Crippen molar-refractivity contribution in [2.75, 3.05) is 40.9 Å². The molecule has 0 spiro atoms. The molecule has 0 aliphatic rings. The van der Waals surface area contributed by atoms with Crippen molar-refractivity contribution < 1.29 is 37.3 Å². The lowest BCUT2D eigenvalue weighted by molar-refractivity contribution is -0.870. The Bertz CT molecular complexity index is 1290. The van der Waals surface area contributed by atoms with Crippen LogP contribution < -0.4 is 10.2 Å². The average Bonchev–Trinajstić information content (AvgIpc) is 3.28. The normalized spacial score (nSPS) is 14.2. The topological polar surface area (TPSA) is 114 Å². The Morgan fingerprint density at radius 1 is 0.537 bits per heavy atom. The summed E-state index contributed by atoms with van der Waals surface area (Å²) in [5.74, 6) is -0.550. The minimum absolute atomic E-state index is 0.0236. The van der Waals surface area contributed by atoms with Gasteiger partial charge in [0, 0.05) is 12.8 Å². The number of quaternary nitrogens is 1. The number of hydrogen-bond donors (Lipinski definition) is 1. The van der Waals surface area contributed by atoms with Crippen molar-refractivity contribution in [2.45, 2.75) is 264 Å². The molecule has 0 aromatic rings. The molecule has 0 bridgehead atoms. The Morgan fingerprint density at radius 2 is 0.955 bits per heavy atom. The molecule has 0 aromatic heterocycles. The Hall–Kier alpha value is -2.03. The lowest BCUT2D eigenvalue weighted by Crippen LogP contribution is -2.47. The van der Waals surface area contributed by atoms with E-state index in [1.54, 1.807) is 0 Å². The van der Waals surface area contributed by atoms with Gasteiger partial charge in [-0.3, -0.25) is 14.2 Å². The van der Waals surface area contributed by atoms with Gasteiger partial charge in [-0.15, -0.1) is 0 Å². The smallest absolute Gasteiger partial charge is 0.306 e. The van der Waals surface area contributed by atoms with Gasteiger partial charge in [0.1, 0.15) is 19.3 Å². The summed E-state index contributed by atoms with van der Waals surface area (Å²) in [6.07, 6.45) is 56.4. The second-order valence-electron chi connectivity index (χ2n) is 20.1. The largest absolute Gasteiger partial charge is 0.756 e. The molecule has 1 N–H and O–H groups in total. The van der Waals surface area contributed by atoms with Crippen molar-refractivity contribution in [1.29, 1.82) is 0 Å². The zero-order chi connectivity index (χ0) is 49.4. The van der Waals surface area contributed by atoms with E-state index < -0.39 is 20.0 Å². The molecular formula is C57H107N2O7P. The number of hydrogen-bond acceptors (Lipinski definition) is 7. The first-order valence-electron chi connectivity index (χ1n) is 28.0. The maximum absolute atomic E-state index is 13.5. The number of carbonyl (C=O) groups excluding carboxylic acids is 2. The molecular weight excluding hydrogens is 856 g/mol. The van der Waals surface area contributed by atoms with E-state index in [-0.39, 0.29) is 31.5 Å². The summed E-state index contributed by atoms with van der Waals surface area (Å²) in [7, 11) is 1.18. The van der Waals surface area contributed by atoms with Crippen molar-refractivity contribution in [1.82, 2.24) is 5.32 Å². The number of carbonyl (C=O) groups is 2. The minimum atomic E-state index is -4.69. The molecule has 0 aliphatic heterocycles. The molecule has 0 saturated carbocycles. The summed E-state index contributed by atoms with van der Waals surface area (Å²) in [6, 6.07) is -0.889. The summed E-state index contributed by atoms with van der Waals surface area (Å²) in [5.41, 5.74) is 0. The maximum Gasteiger partial charge on any atom is 0.306 e. The molecule has 67 heavy (non-hydrogen) atoms. The fourth-order valence-electron chi connectivity index (χ4n) is 7.99. The summed E-state index contributed by atoms with van der Waals surface area (Å²) in [6.45, 7) is 6.71. The second-order valence-corrected chi connectivity index (χ2v) is 21.5. The number of phosphoric ester groups is 1. The molecule has 9 nitrogen and oxygen atoms in total. The number of unbranched alkanes of at least 4 members (excludes halogenated alkanes) is 30. The van der Waals surface area contributed by atoms with E-state index in [0.717, 1.165) is 77.0 Å². The SMILES string of the molecule is CC/C=C/C=C/C=C/CCCCCCCCCC(=O)OC(/C=C/CCCCCCCCCCCC)C(COP(=O)([O-])OCC[N+](C)(C)C)NC(=O)CCCCCCCCCCCCCCCC. The number of allylic oxidation sites excluding steroid dienone is 7. The van der Waals surface area contributed by atoms with Crippen molar-refractivity contribution in [3.8, 4) is 0 Å². The van der Waals surface area contributed by atoms with E-state index in [2.05, 4.69) is 62.5 Å². The van der Waals surface area contributed by atoms with Gasteiger partial charge < -0.3 is 28.5 Å². The number of ether oxygens (including phenoxy) is 1. The van der Waals surface area contributed by atoms with E-state index in [4.69, 9.17) is 13.8 Å². The third kappa shape index (κ3) is 48.8. The first-order chi connectivity index (χ1) is 32.4. The fraction of sp³-hybridized carbons (Fsp3) is 0.825. The number of nitrogens with zero attached hydrogens (tertiary/aromatic N) is 1. The Labute approximate surface area is 414 Å². The third-order valence-electron chi connectivity index (χ3n) is 12.3. The predicted molar refractivity (Wildman–Crippen MR) is 284 cm³/mol. The van der Waals surface area contributed by atoms with Gasteiger partial charge in [0.2, 0.25) is 5.91 Å². The van der Waals surface area contributed by atoms with Crippen LogP contribution in [0.25, 0.3) is 0 Å². The number of esters is 1. The van der Waals surface area contributed by atoms with Crippen LogP contribution >= 0.6 is 7.82 Å². The van der Waals surface area contributed by atoms with Crippen molar-refractivity contribution in [3.05, 3.63) is 48.6 Å². The number of amides is 1. The quantitative estimate of drug-likeness (QED) is 0.0161. The second kappa shape index (κ2) is 47.6. The molecule has 10 heteroatoms. The van der Waals surface area contributed by atoms with E-state index >= 15 is 0 Å². The molecule has 0 rings (SSSR count). The average molecular weight is 963 g/mol. The van der Waals surface area contributed by atoms with Gasteiger partial charge in [0.15, 0.2) is 0 Å². The Balaban J connectivity index is 5.38. The summed E-state index contributed by atoms with van der Waals surface area (Å²) >= 11 is 0. The number of likely N-dealkylation sites (N-methyl/N-ethyl adjacent to an activating group) is 1. The van der Waals surface area contributed by atoms with Crippen LogP contribution in [0.3, 0.4) is 0 Å². The van der Waals surface area contributed by atoms with Gasteiger partial charge in [-0.1, -0.05) is 237 Å². The van der Waals surface area contributed by atoms with Crippen molar-refractivity contribution >= 4 is 19.7 Å². The monoisotopic (exact) mass is 963 g/mol. The van der Waals surface area contributed by atoms with Crippen LogP contribution in [-0.2, 0) is 27.9 Å². The highest BCUT2D eigenvalue weighted by molar-refractivity contribution is 7.45. The fourth-order valence-corrected chi connectivity index (χ4v) is 8.72. The molecule has 1 amide bonds. The molecule has 0 saturated heterocycles. The maximum atomic E-state index is 13.5. The highest BCUT2D eigenvalue weighted by Gasteiger charge is 2.27. The van der Waals surface area contributed by atoms with E-state index in [9.17, 15) is 19.0 Å². The highest BCUT2D eigenvalue weighted by atomic mass is 31.2. The van der Waals surface area contributed by atoms with E-state index in [1.807, 2.05) is 33.3 Å². The number of phosphoric acid groups is 1. The van der Waals surface area contributed by atoms with Gasteiger partial charge in [0.05, 0.1) is 33.8 Å². The van der Waals surface area contributed by atoms with Crippen LogP contribution in [0, 0.1) is 0 Å². The van der Waals surface area contributed by atoms with E-state index in [0.29, 0.717) is 17.4 Å². The molecule has 0 aliphatic carbocycles. The molecule has 392 valence electrons. The first kappa shape index (κ1) is 65.0. The minimum Gasteiger partial charge on any atom is -0.756 e. The number of nitrogens with one attached hydrogen (secondary N) is 1. The molecule has 0 aromatic carbocycles. The zero-order valence-corrected chi connectivity index (χ0v) is 45.5. The van der Waals surface area contributed by atoms with Crippen molar-refractivity contribution in [2.24, 2.45) is 0 Å². The zero-order valence-electron chi connectivity index (χ0n) is 44.6. The van der Waals surface area contributed by atoms with Gasteiger partial charge >= 0.3 is 5.97 Å². The van der Waals surface area contributed by atoms with Crippen LogP contribution in [0.5, 0.6) is 0 Å². The van der Waals surface area contributed by atoms with Crippen molar-refractivity contribution in [3.63, 3.8) is 0 Å². The van der Waals surface area contributed by atoms with Crippen LogP contribution in [0.15, 0.2) is 48.6 Å². The summed E-state index contributed by atoms with van der Waals surface area (Å²) < 4.78 is 30.2. The predicted octanol–water partition coefficient (Wildman–Crippen LogP) is 15.9. The molecule has 3 atom stereocenters. The summed E-state index contributed by atoms with van der Waals surface area (Å²) in [4.78, 5) is 39.8. The lowest BCUT2D eigenvalue weighted by Gasteiger charge is -2.30. The first-order valence-corrected chi connectivity index (χ1v) is 29.4. The van der Waals surface area contributed by atoms with Crippen LogP contribution in [0.2, 0.25) is 0 Å². The highest BCUT2D eigenvalue weighted by Crippen LogP contribution is 2.38. The Kier molecular flexibility index (Phi) is 46.2. The number of rotatable bonds is 50.